The van der Waals surface area contributed by atoms with Gasteiger partial charge in [0.05, 0.1) is 24.3 Å². The maximum atomic E-state index is 11.1. The summed E-state index contributed by atoms with van der Waals surface area (Å²) in [6.45, 7) is 4.82. The summed E-state index contributed by atoms with van der Waals surface area (Å²) in [5.41, 5.74) is 2.42. The van der Waals surface area contributed by atoms with Gasteiger partial charge in [0.25, 0.3) is 0 Å². The van der Waals surface area contributed by atoms with Gasteiger partial charge >= 0.3 is 6.09 Å². The number of aromatic nitrogens is 1. The molecule has 0 aliphatic carbocycles. The van der Waals surface area contributed by atoms with Gasteiger partial charge in [-0.3, -0.25) is 9.88 Å². The van der Waals surface area contributed by atoms with Crippen molar-refractivity contribution in [2.45, 2.75) is 19.1 Å². The highest BCUT2D eigenvalue weighted by molar-refractivity contribution is 5.65. The first-order chi connectivity index (χ1) is 10.6. The van der Waals surface area contributed by atoms with E-state index in [4.69, 9.17) is 15.1 Å². The number of hydrogen-bond donors (Lipinski definition) is 1. The molecule has 0 radical (unpaired) electrons. The van der Waals surface area contributed by atoms with Crippen molar-refractivity contribution >= 4 is 6.09 Å². The van der Waals surface area contributed by atoms with Gasteiger partial charge in [-0.1, -0.05) is 0 Å². The number of nitrogens with zero attached hydrogens (tertiary/aromatic N) is 4. The summed E-state index contributed by atoms with van der Waals surface area (Å²) in [5, 5.41) is 18.2. The number of piperazine rings is 1. The van der Waals surface area contributed by atoms with Crippen LogP contribution < -0.4 is 0 Å². The van der Waals surface area contributed by atoms with Crippen LogP contribution in [0.15, 0.2) is 12.4 Å². The Morgan fingerprint density at radius 2 is 2.27 bits per heavy atom. The molecule has 1 aromatic rings. The first-order valence-electron chi connectivity index (χ1n) is 7.28. The molecule has 0 bridgehead atoms. The predicted octanol–water partition coefficient (Wildman–Crippen LogP) is 0.997. The van der Waals surface area contributed by atoms with Crippen molar-refractivity contribution in [1.82, 2.24) is 14.8 Å². The van der Waals surface area contributed by atoms with Crippen molar-refractivity contribution in [3.05, 3.63) is 29.1 Å². The molecule has 22 heavy (non-hydrogen) atoms. The Bertz CT molecular complexity index is 628. The minimum atomic E-state index is -0.872. The van der Waals surface area contributed by atoms with E-state index in [0.29, 0.717) is 38.3 Å². The lowest BCUT2D eigenvalue weighted by Crippen LogP contribution is -2.59. The van der Waals surface area contributed by atoms with E-state index in [1.807, 2.05) is 6.92 Å². The molecular weight excluding hydrogens is 284 g/mol. The molecule has 1 amide bonds. The predicted molar refractivity (Wildman–Crippen MR) is 77.3 cm³/mol. The maximum absolute atomic E-state index is 11.1. The molecule has 2 aliphatic rings. The number of carbonyl (C=O) groups is 1. The van der Waals surface area contributed by atoms with Gasteiger partial charge < -0.3 is 14.7 Å². The Labute approximate surface area is 128 Å². The Kier molecular flexibility index (Phi) is 3.96. The molecule has 2 aliphatic heterocycles. The molecule has 7 heteroatoms. The number of amides is 1. The first-order valence-corrected chi connectivity index (χ1v) is 7.28. The van der Waals surface area contributed by atoms with Gasteiger partial charge in [-0.15, -0.1) is 0 Å². The summed E-state index contributed by atoms with van der Waals surface area (Å²) < 4.78 is 5.93. The summed E-state index contributed by atoms with van der Waals surface area (Å²) in [4.78, 5) is 18.9. The average Bonchev–Trinajstić information content (AvgIpc) is 2.54. The summed E-state index contributed by atoms with van der Waals surface area (Å²) in [6.07, 6.45) is 2.34. The molecule has 0 aromatic carbocycles. The molecule has 0 saturated carbocycles. The van der Waals surface area contributed by atoms with Crippen LogP contribution in [0.5, 0.6) is 0 Å². The lowest BCUT2D eigenvalue weighted by Gasteiger charge is -2.45. The molecule has 0 spiro atoms. The van der Waals surface area contributed by atoms with E-state index in [1.54, 1.807) is 12.4 Å². The monoisotopic (exact) mass is 302 g/mol. The molecule has 3 rings (SSSR count). The van der Waals surface area contributed by atoms with Gasteiger partial charge in [-0.05, 0) is 12.5 Å². The molecular formula is C15H18N4O3. The normalized spacial score (nSPS) is 25.4. The topological polar surface area (TPSA) is 89.7 Å². The second-order valence-corrected chi connectivity index (χ2v) is 5.71. The van der Waals surface area contributed by atoms with E-state index < -0.39 is 6.09 Å². The van der Waals surface area contributed by atoms with Crippen molar-refractivity contribution in [2.24, 2.45) is 0 Å². The molecule has 116 valence electrons. The lowest BCUT2D eigenvalue weighted by atomic mass is 9.99. The van der Waals surface area contributed by atoms with Gasteiger partial charge in [-0.25, -0.2) is 4.79 Å². The number of carboxylic acid groups (broad SMARTS) is 1. The van der Waals surface area contributed by atoms with Gasteiger partial charge in [0, 0.05) is 44.1 Å². The van der Waals surface area contributed by atoms with Crippen LogP contribution in [0.1, 0.15) is 22.8 Å². The molecule has 1 N–H and O–H groups in total. The van der Waals surface area contributed by atoms with Crippen LogP contribution >= 0.6 is 0 Å². The first kappa shape index (κ1) is 14.8. The van der Waals surface area contributed by atoms with E-state index in [2.05, 4.69) is 16.0 Å². The Morgan fingerprint density at radius 3 is 3.00 bits per heavy atom. The summed E-state index contributed by atoms with van der Waals surface area (Å²) in [6, 6.07) is 2.25. The van der Waals surface area contributed by atoms with Gasteiger partial charge in [0.15, 0.2) is 0 Å². The van der Waals surface area contributed by atoms with Crippen molar-refractivity contribution in [3.8, 4) is 6.07 Å². The minimum Gasteiger partial charge on any atom is -0.465 e. The summed E-state index contributed by atoms with van der Waals surface area (Å²) in [7, 11) is 0. The fourth-order valence-corrected chi connectivity index (χ4v) is 3.12. The fraction of sp³-hybridized carbons (Fsp3) is 0.533. The number of nitriles is 1. The fourth-order valence-electron chi connectivity index (χ4n) is 3.12. The van der Waals surface area contributed by atoms with Crippen LogP contribution in [-0.2, 0) is 4.74 Å². The molecule has 2 saturated heterocycles. The zero-order valence-electron chi connectivity index (χ0n) is 12.4. The van der Waals surface area contributed by atoms with E-state index in [-0.39, 0.29) is 12.1 Å². The van der Waals surface area contributed by atoms with Crippen LogP contribution in [-0.4, -0.2) is 64.8 Å². The van der Waals surface area contributed by atoms with Crippen molar-refractivity contribution in [3.63, 3.8) is 0 Å². The lowest BCUT2D eigenvalue weighted by molar-refractivity contribution is -0.0869. The standard InChI is InChI=1S/C15H18N4O3/c1-10-11(4-16)5-17-6-13(10)14-8-18-2-3-19(15(20)21)7-12(18)9-22-14/h5-6,12,14H,2-3,7-9H2,1H3,(H,20,21)/t12-,14-/m0/s1. The number of fused-ring (bicyclic) bond motifs is 1. The van der Waals surface area contributed by atoms with Crippen LogP contribution in [0, 0.1) is 18.3 Å². The third-order valence-corrected chi connectivity index (χ3v) is 4.49. The summed E-state index contributed by atoms with van der Waals surface area (Å²) >= 11 is 0. The molecule has 2 atom stereocenters. The van der Waals surface area contributed by atoms with E-state index in [1.165, 1.54) is 4.90 Å². The number of rotatable bonds is 1. The Morgan fingerprint density at radius 1 is 1.45 bits per heavy atom. The zero-order valence-corrected chi connectivity index (χ0v) is 12.4. The van der Waals surface area contributed by atoms with Crippen LogP contribution in [0.25, 0.3) is 0 Å². The molecule has 2 fully saturated rings. The molecule has 1 aromatic heterocycles. The highest BCUT2D eigenvalue weighted by atomic mass is 16.5. The van der Waals surface area contributed by atoms with E-state index in [0.717, 1.165) is 11.1 Å². The minimum absolute atomic E-state index is 0.105. The largest absolute Gasteiger partial charge is 0.465 e. The third-order valence-electron chi connectivity index (χ3n) is 4.49. The second-order valence-electron chi connectivity index (χ2n) is 5.71. The van der Waals surface area contributed by atoms with Crippen molar-refractivity contribution in [1.29, 1.82) is 5.26 Å². The maximum Gasteiger partial charge on any atom is 0.407 e. The van der Waals surface area contributed by atoms with E-state index in [9.17, 15) is 4.79 Å². The number of ether oxygens (including phenoxy) is 1. The molecule has 3 heterocycles. The van der Waals surface area contributed by atoms with E-state index >= 15 is 0 Å². The van der Waals surface area contributed by atoms with Gasteiger partial charge in [-0.2, -0.15) is 5.26 Å². The molecule has 7 nitrogen and oxygen atoms in total. The van der Waals surface area contributed by atoms with Gasteiger partial charge in [0.1, 0.15) is 6.07 Å². The van der Waals surface area contributed by atoms with Crippen LogP contribution in [0.3, 0.4) is 0 Å². The van der Waals surface area contributed by atoms with Crippen LogP contribution in [0.4, 0.5) is 4.79 Å². The second kappa shape index (κ2) is 5.91. The highest BCUT2D eigenvalue weighted by Gasteiger charge is 2.36. The Hall–Kier alpha value is -2.17. The van der Waals surface area contributed by atoms with Gasteiger partial charge in [0.2, 0.25) is 0 Å². The zero-order chi connectivity index (χ0) is 15.7. The number of hydrogen-bond acceptors (Lipinski definition) is 5. The molecule has 0 unspecified atom stereocenters. The van der Waals surface area contributed by atoms with Crippen molar-refractivity contribution in [2.75, 3.05) is 32.8 Å². The number of pyridine rings is 1. The number of morpholine rings is 1. The highest BCUT2D eigenvalue weighted by Crippen LogP contribution is 2.29. The third kappa shape index (κ3) is 2.63. The smallest absolute Gasteiger partial charge is 0.407 e. The average molecular weight is 302 g/mol. The SMILES string of the molecule is Cc1c(C#N)cncc1[C@@H]1CN2CCN(C(=O)O)C[C@H]2CO1. The van der Waals surface area contributed by atoms with Crippen molar-refractivity contribution < 1.29 is 14.6 Å². The quantitative estimate of drug-likeness (QED) is 0.832. The summed E-state index contributed by atoms with van der Waals surface area (Å²) in [5.74, 6) is 0. The Balaban J connectivity index is 1.74. The van der Waals surface area contributed by atoms with Crippen LogP contribution in [0.2, 0.25) is 0 Å².